The summed E-state index contributed by atoms with van der Waals surface area (Å²) in [6.07, 6.45) is 6.16. The van der Waals surface area contributed by atoms with Crippen molar-refractivity contribution < 1.29 is 9.47 Å². The minimum absolute atomic E-state index is 0.0696. The molecule has 0 amide bonds. The van der Waals surface area contributed by atoms with Crippen LogP contribution in [0.3, 0.4) is 0 Å². The van der Waals surface area contributed by atoms with E-state index in [1.54, 1.807) is 0 Å². The molecule has 182 valence electrons. The van der Waals surface area contributed by atoms with E-state index in [4.69, 9.17) is 24.5 Å². The van der Waals surface area contributed by atoms with Crippen molar-refractivity contribution in [1.82, 2.24) is 24.3 Å². The Kier molecular flexibility index (Phi) is 5.57. The van der Waals surface area contributed by atoms with Gasteiger partial charge in [0, 0.05) is 30.9 Å². The summed E-state index contributed by atoms with van der Waals surface area (Å²) in [6, 6.07) is 12.6. The molecule has 35 heavy (non-hydrogen) atoms. The van der Waals surface area contributed by atoms with Gasteiger partial charge in [0.25, 0.3) is 0 Å². The highest BCUT2D eigenvalue weighted by molar-refractivity contribution is 5.87. The summed E-state index contributed by atoms with van der Waals surface area (Å²) < 4.78 is 15.9. The van der Waals surface area contributed by atoms with Crippen molar-refractivity contribution >= 4 is 16.9 Å². The van der Waals surface area contributed by atoms with Gasteiger partial charge in [0.05, 0.1) is 49.2 Å². The third kappa shape index (κ3) is 4.44. The van der Waals surface area contributed by atoms with Crippen molar-refractivity contribution in [1.29, 1.82) is 0 Å². The lowest BCUT2D eigenvalue weighted by atomic mass is 10.1. The van der Waals surface area contributed by atoms with Gasteiger partial charge in [-0.25, -0.2) is 14.6 Å². The van der Waals surface area contributed by atoms with Gasteiger partial charge in [-0.15, -0.1) is 0 Å². The van der Waals surface area contributed by atoms with E-state index >= 15 is 0 Å². The number of anilines is 1. The molecule has 0 aliphatic carbocycles. The lowest BCUT2D eigenvalue weighted by molar-refractivity contribution is -0.0213. The van der Waals surface area contributed by atoms with E-state index in [2.05, 4.69) is 60.6 Å². The molecule has 0 radical (unpaired) electrons. The maximum absolute atomic E-state index is 6.27. The average molecular weight is 473 g/mol. The fourth-order valence-electron chi connectivity index (χ4n) is 5.14. The first-order valence-corrected chi connectivity index (χ1v) is 12.4. The van der Waals surface area contributed by atoms with Crippen molar-refractivity contribution in [2.75, 3.05) is 31.2 Å². The SMILES string of the molecule is Cc1cccc(-c2ccn(-c3cc(N4CCOCC4)c4ncn(C[C@@H]5CCC(C)(C)O5)c4n3)n2)c1. The van der Waals surface area contributed by atoms with Gasteiger partial charge < -0.3 is 18.9 Å². The molecule has 0 bridgehead atoms. The molecule has 5 heterocycles. The van der Waals surface area contributed by atoms with Crippen LogP contribution in [0.25, 0.3) is 28.2 Å². The molecule has 8 nitrogen and oxygen atoms in total. The molecular formula is C27H32N6O2. The Hall–Kier alpha value is -3.23. The van der Waals surface area contributed by atoms with Crippen LogP contribution < -0.4 is 4.90 Å². The first-order valence-electron chi connectivity index (χ1n) is 12.4. The average Bonchev–Trinajstić information content (AvgIpc) is 3.58. The molecule has 0 saturated carbocycles. The second-order valence-electron chi connectivity index (χ2n) is 10.2. The Bertz CT molecular complexity index is 1350. The number of ether oxygens (including phenoxy) is 2. The quantitative estimate of drug-likeness (QED) is 0.429. The Morgan fingerprint density at radius 3 is 2.74 bits per heavy atom. The van der Waals surface area contributed by atoms with Crippen molar-refractivity contribution in [3.63, 3.8) is 0 Å². The summed E-state index contributed by atoms with van der Waals surface area (Å²) in [5.74, 6) is 0.785. The number of aromatic nitrogens is 5. The maximum atomic E-state index is 6.27. The number of benzene rings is 1. The van der Waals surface area contributed by atoms with E-state index in [9.17, 15) is 0 Å². The Morgan fingerprint density at radius 1 is 1.11 bits per heavy atom. The largest absolute Gasteiger partial charge is 0.378 e. The summed E-state index contributed by atoms with van der Waals surface area (Å²) in [4.78, 5) is 12.2. The third-order valence-electron chi connectivity index (χ3n) is 6.98. The van der Waals surface area contributed by atoms with Crippen molar-refractivity contribution in [3.05, 3.63) is 54.5 Å². The van der Waals surface area contributed by atoms with Crippen LogP contribution in [-0.2, 0) is 16.0 Å². The molecule has 1 aromatic carbocycles. The minimum Gasteiger partial charge on any atom is -0.378 e. The molecule has 6 rings (SSSR count). The van der Waals surface area contributed by atoms with Crippen molar-refractivity contribution in [3.8, 4) is 17.1 Å². The van der Waals surface area contributed by atoms with Gasteiger partial charge in [-0.05, 0) is 45.7 Å². The van der Waals surface area contributed by atoms with E-state index in [-0.39, 0.29) is 11.7 Å². The lowest BCUT2D eigenvalue weighted by Crippen LogP contribution is -2.36. The predicted octanol–water partition coefficient (Wildman–Crippen LogP) is 4.39. The molecule has 2 saturated heterocycles. The Morgan fingerprint density at radius 2 is 1.97 bits per heavy atom. The van der Waals surface area contributed by atoms with E-state index in [0.717, 1.165) is 66.4 Å². The zero-order valence-electron chi connectivity index (χ0n) is 20.6. The highest BCUT2D eigenvalue weighted by atomic mass is 16.5. The molecule has 0 unspecified atom stereocenters. The second-order valence-corrected chi connectivity index (χ2v) is 10.2. The monoisotopic (exact) mass is 472 g/mol. The normalized spacial score (nSPS) is 20.1. The summed E-state index contributed by atoms with van der Waals surface area (Å²) in [5, 5.41) is 4.88. The fraction of sp³-hybridized carbons (Fsp3) is 0.444. The number of imidazole rings is 1. The van der Waals surface area contributed by atoms with E-state index in [1.807, 2.05) is 23.3 Å². The van der Waals surface area contributed by atoms with Gasteiger partial charge in [-0.3, -0.25) is 0 Å². The Labute approximate surface area is 205 Å². The standard InChI is InChI=1S/C27H32N6O2/c1-19-5-4-6-20(15-19)22-8-10-33(30-22)24-16-23(31-11-13-34-14-12-31)25-26(29-24)32(18-28-25)17-21-7-9-27(2,3)35-21/h4-6,8,10,15-16,18,21H,7,9,11-14,17H2,1-3H3/t21-/m0/s1. The number of hydrogen-bond acceptors (Lipinski definition) is 6. The molecule has 0 spiro atoms. The van der Waals surface area contributed by atoms with Crippen LogP contribution >= 0.6 is 0 Å². The smallest absolute Gasteiger partial charge is 0.164 e. The number of morpholine rings is 1. The number of nitrogens with zero attached hydrogens (tertiary/aromatic N) is 6. The molecule has 3 aromatic heterocycles. The van der Waals surface area contributed by atoms with Gasteiger partial charge in [-0.1, -0.05) is 23.8 Å². The summed E-state index contributed by atoms with van der Waals surface area (Å²) in [5.41, 5.74) is 6.03. The highest BCUT2D eigenvalue weighted by Crippen LogP contribution is 2.32. The van der Waals surface area contributed by atoms with Crippen LogP contribution in [-0.4, -0.2) is 62.3 Å². The van der Waals surface area contributed by atoms with Gasteiger partial charge in [0.15, 0.2) is 11.5 Å². The van der Waals surface area contributed by atoms with E-state index in [1.165, 1.54) is 5.56 Å². The number of hydrogen-bond donors (Lipinski definition) is 0. The number of rotatable bonds is 5. The number of fused-ring (bicyclic) bond motifs is 1. The van der Waals surface area contributed by atoms with E-state index in [0.29, 0.717) is 13.2 Å². The fourth-order valence-corrected chi connectivity index (χ4v) is 5.14. The second kappa shape index (κ2) is 8.77. The van der Waals surface area contributed by atoms with Crippen LogP contribution in [0.5, 0.6) is 0 Å². The number of pyridine rings is 1. The van der Waals surface area contributed by atoms with Gasteiger partial charge in [0.2, 0.25) is 0 Å². The first-order chi connectivity index (χ1) is 16.9. The maximum Gasteiger partial charge on any atom is 0.164 e. The zero-order chi connectivity index (χ0) is 24.0. The summed E-state index contributed by atoms with van der Waals surface area (Å²) >= 11 is 0. The molecule has 0 N–H and O–H groups in total. The zero-order valence-corrected chi connectivity index (χ0v) is 20.6. The minimum atomic E-state index is -0.0696. The predicted molar refractivity (Wildman–Crippen MR) is 136 cm³/mol. The van der Waals surface area contributed by atoms with Crippen LogP contribution in [0.4, 0.5) is 5.69 Å². The van der Waals surface area contributed by atoms with Gasteiger partial charge in [0.1, 0.15) is 5.52 Å². The van der Waals surface area contributed by atoms with Gasteiger partial charge >= 0.3 is 0 Å². The molecule has 2 aliphatic heterocycles. The first kappa shape index (κ1) is 22.2. The molecule has 8 heteroatoms. The highest BCUT2D eigenvalue weighted by Gasteiger charge is 2.32. The van der Waals surface area contributed by atoms with Crippen molar-refractivity contribution in [2.45, 2.75) is 51.9 Å². The topological polar surface area (TPSA) is 70.2 Å². The van der Waals surface area contributed by atoms with Crippen LogP contribution in [0, 0.1) is 6.92 Å². The summed E-state index contributed by atoms with van der Waals surface area (Å²) in [7, 11) is 0. The lowest BCUT2D eigenvalue weighted by Gasteiger charge is -2.29. The molecule has 2 aliphatic rings. The Balaban J connectivity index is 1.41. The molecule has 1 atom stereocenters. The molecule has 2 fully saturated rings. The molecular weight excluding hydrogens is 440 g/mol. The van der Waals surface area contributed by atoms with Crippen LogP contribution in [0.15, 0.2) is 48.9 Å². The third-order valence-corrected chi connectivity index (χ3v) is 6.98. The van der Waals surface area contributed by atoms with Crippen LogP contribution in [0.1, 0.15) is 32.3 Å². The summed E-state index contributed by atoms with van der Waals surface area (Å²) in [6.45, 7) is 10.3. The molecule has 4 aromatic rings. The van der Waals surface area contributed by atoms with E-state index < -0.39 is 0 Å². The number of aryl methyl sites for hydroxylation is 1. The van der Waals surface area contributed by atoms with Crippen LogP contribution in [0.2, 0.25) is 0 Å². The van der Waals surface area contributed by atoms with Crippen molar-refractivity contribution in [2.24, 2.45) is 0 Å². The van der Waals surface area contributed by atoms with Gasteiger partial charge in [-0.2, -0.15) is 5.10 Å².